The molecule has 81 valence electrons. The van der Waals surface area contributed by atoms with E-state index in [4.69, 9.17) is 0 Å². The maximum atomic E-state index is 4.25. The van der Waals surface area contributed by atoms with Gasteiger partial charge in [0.2, 0.25) is 0 Å². The molecule has 2 heteroatoms. The second kappa shape index (κ2) is 8.76. The fourth-order valence-corrected chi connectivity index (χ4v) is 6.00. The Balaban J connectivity index is 0. The minimum atomic E-state index is -0.0957. The van der Waals surface area contributed by atoms with Crippen molar-refractivity contribution in [2.24, 2.45) is 0 Å². The van der Waals surface area contributed by atoms with Crippen LogP contribution >= 0.6 is 0 Å². The molecule has 0 saturated carbocycles. The lowest BCUT2D eigenvalue weighted by Crippen LogP contribution is -2.24. The van der Waals surface area contributed by atoms with Crippen LogP contribution in [-0.4, -0.2) is 23.0 Å². The quantitative estimate of drug-likeness (QED) is 0.631. The summed E-state index contributed by atoms with van der Waals surface area (Å²) in [5.41, 5.74) is 2.81. The highest BCUT2D eigenvalue weighted by Gasteiger charge is 2.22. The van der Waals surface area contributed by atoms with Gasteiger partial charge in [0.25, 0.3) is 0 Å². The molecule has 0 unspecified atom stereocenters. The van der Waals surface area contributed by atoms with Crippen LogP contribution in [0.5, 0.6) is 0 Å². The van der Waals surface area contributed by atoms with Crippen LogP contribution in [0.4, 0.5) is 0 Å². The lowest BCUT2D eigenvalue weighted by molar-refractivity contribution is 0.277. The van der Waals surface area contributed by atoms with Crippen molar-refractivity contribution in [2.45, 2.75) is 58.2 Å². The van der Waals surface area contributed by atoms with E-state index < -0.39 is 0 Å². The Hall–Kier alpha value is 0.177. The largest absolute Gasteiger partial charge is 0.388 e. The van der Waals surface area contributed by atoms with Gasteiger partial charge in [-0.25, -0.2) is 0 Å². The summed E-state index contributed by atoms with van der Waals surface area (Å²) >= 11 is 0. The van der Waals surface area contributed by atoms with Crippen molar-refractivity contribution in [2.75, 3.05) is 14.2 Å². The summed E-state index contributed by atoms with van der Waals surface area (Å²) in [7, 11) is 3.15. The summed E-state index contributed by atoms with van der Waals surface area (Å²) in [5.74, 6) is 0. The average molecular weight is 203 g/mol. The molecule has 0 N–H and O–H groups in total. The van der Waals surface area contributed by atoms with Gasteiger partial charge in [-0.05, 0) is 0 Å². The molecule has 1 radical (unpaired) electrons. The lowest BCUT2D eigenvalue weighted by Gasteiger charge is -2.26. The monoisotopic (exact) mass is 203 g/mol. The Morgan fingerprint density at radius 1 is 0.692 bits per heavy atom. The second-order valence-corrected chi connectivity index (χ2v) is 8.84. The van der Waals surface area contributed by atoms with E-state index in [-0.39, 0.29) is 8.80 Å². The van der Waals surface area contributed by atoms with Gasteiger partial charge in [-0.1, -0.05) is 58.2 Å². The van der Waals surface area contributed by atoms with E-state index in [1.165, 1.54) is 0 Å². The minimum Gasteiger partial charge on any atom is -0.388 e. The second-order valence-electron chi connectivity index (χ2n) is 4.37. The number of rotatable bonds is 3. The van der Waals surface area contributed by atoms with Crippen molar-refractivity contribution >= 4 is 8.80 Å². The SMILES string of the molecule is CC(C)[Si](C(C)C)C(C)C.COC. The molecule has 1 nitrogen and oxygen atoms in total. The summed E-state index contributed by atoms with van der Waals surface area (Å²) in [6.45, 7) is 14.2. The van der Waals surface area contributed by atoms with E-state index >= 15 is 0 Å². The molecule has 0 amide bonds. The Kier molecular flexibility index (Phi) is 10.5. The highest BCUT2D eigenvalue weighted by Crippen LogP contribution is 2.28. The van der Waals surface area contributed by atoms with Gasteiger partial charge in [-0.15, -0.1) is 0 Å². The van der Waals surface area contributed by atoms with Crippen LogP contribution in [0.25, 0.3) is 0 Å². The molecule has 0 aromatic rings. The van der Waals surface area contributed by atoms with Crippen LogP contribution in [0.2, 0.25) is 16.6 Å². The summed E-state index contributed by atoms with van der Waals surface area (Å²) in [6, 6.07) is 0. The first-order chi connectivity index (χ1) is 5.88. The van der Waals surface area contributed by atoms with Gasteiger partial charge in [0.15, 0.2) is 0 Å². The van der Waals surface area contributed by atoms with E-state index in [0.29, 0.717) is 0 Å². The molecule has 0 fully saturated rings. The third-order valence-electron chi connectivity index (χ3n) is 2.00. The Labute approximate surface area is 86.5 Å². The molecule has 0 rings (SSSR count). The van der Waals surface area contributed by atoms with Crippen molar-refractivity contribution in [3.63, 3.8) is 0 Å². The lowest BCUT2D eigenvalue weighted by atomic mass is 10.5. The maximum Gasteiger partial charge on any atom is 0.0561 e. The molecule has 0 atom stereocenters. The number of hydrogen-bond donors (Lipinski definition) is 0. The highest BCUT2D eigenvalue weighted by atomic mass is 28.3. The predicted molar refractivity (Wildman–Crippen MR) is 64.0 cm³/mol. The molecule has 0 aliphatic rings. The maximum absolute atomic E-state index is 4.25. The Morgan fingerprint density at radius 2 is 0.846 bits per heavy atom. The van der Waals surface area contributed by atoms with Crippen LogP contribution in [0.15, 0.2) is 0 Å². The molecule has 0 aliphatic heterocycles. The van der Waals surface area contributed by atoms with Gasteiger partial charge < -0.3 is 4.74 Å². The fraction of sp³-hybridized carbons (Fsp3) is 1.00. The van der Waals surface area contributed by atoms with E-state index in [1.54, 1.807) is 14.2 Å². The first-order valence-electron chi connectivity index (χ1n) is 5.15. The van der Waals surface area contributed by atoms with Crippen LogP contribution < -0.4 is 0 Å². The van der Waals surface area contributed by atoms with E-state index in [9.17, 15) is 0 Å². The number of hydrogen-bond acceptors (Lipinski definition) is 1. The van der Waals surface area contributed by atoms with Crippen LogP contribution in [0.3, 0.4) is 0 Å². The number of ether oxygens (including phenoxy) is 1. The van der Waals surface area contributed by atoms with Crippen molar-refractivity contribution in [1.29, 1.82) is 0 Å². The van der Waals surface area contributed by atoms with Gasteiger partial charge in [-0.2, -0.15) is 0 Å². The minimum absolute atomic E-state index is 0.0957. The summed E-state index contributed by atoms with van der Waals surface area (Å²) in [4.78, 5) is 0. The fourth-order valence-electron chi connectivity index (χ4n) is 2.00. The third-order valence-corrected chi connectivity index (χ3v) is 6.00. The summed E-state index contributed by atoms with van der Waals surface area (Å²) < 4.78 is 4.25. The molecular weight excluding hydrogens is 176 g/mol. The first kappa shape index (κ1) is 15.6. The zero-order valence-electron chi connectivity index (χ0n) is 10.6. The standard InChI is InChI=1S/C9H21Si.C2H6O/c1-7(2)10(8(3)4)9(5)6;1-3-2/h7-9H,1-6H3;1-2H3. The molecule has 0 bridgehead atoms. The van der Waals surface area contributed by atoms with Gasteiger partial charge in [0, 0.05) is 14.2 Å². The molecule has 0 aromatic heterocycles. The molecule has 0 spiro atoms. The van der Waals surface area contributed by atoms with E-state index in [0.717, 1.165) is 16.6 Å². The van der Waals surface area contributed by atoms with Gasteiger partial charge >= 0.3 is 0 Å². The Morgan fingerprint density at radius 3 is 0.846 bits per heavy atom. The molecule has 0 saturated heterocycles. The van der Waals surface area contributed by atoms with Crippen LogP contribution in [0.1, 0.15) is 41.5 Å². The van der Waals surface area contributed by atoms with Crippen molar-refractivity contribution < 1.29 is 4.74 Å². The molecule has 0 heterocycles. The smallest absolute Gasteiger partial charge is 0.0561 e. The summed E-state index contributed by atoms with van der Waals surface area (Å²) in [5, 5.41) is 0. The van der Waals surface area contributed by atoms with Gasteiger partial charge in [0.05, 0.1) is 8.80 Å². The van der Waals surface area contributed by atoms with E-state index in [1.807, 2.05) is 0 Å². The van der Waals surface area contributed by atoms with Crippen molar-refractivity contribution in [3.8, 4) is 0 Å². The predicted octanol–water partition coefficient (Wildman–Crippen LogP) is 3.97. The molecule has 0 aliphatic carbocycles. The van der Waals surface area contributed by atoms with Crippen LogP contribution in [0, 0.1) is 0 Å². The normalized spacial score (nSPS) is 11.1. The molecule has 0 aromatic carbocycles. The molecule has 13 heavy (non-hydrogen) atoms. The number of methoxy groups -OCH3 is 1. The third kappa shape index (κ3) is 8.51. The Bertz CT molecular complexity index is 81.2. The van der Waals surface area contributed by atoms with E-state index in [2.05, 4.69) is 46.3 Å². The molecular formula is C11H27OSi. The average Bonchev–Trinajstić information content (AvgIpc) is 1.84. The van der Waals surface area contributed by atoms with Crippen molar-refractivity contribution in [1.82, 2.24) is 0 Å². The van der Waals surface area contributed by atoms with Crippen LogP contribution in [-0.2, 0) is 4.74 Å². The highest BCUT2D eigenvalue weighted by molar-refractivity contribution is 6.63. The van der Waals surface area contributed by atoms with Crippen molar-refractivity contribution in [3.05, 3.63) is 0 Å². The zero-order chi connectivity index (χ0) is 11.0. The zero-order valence-corrected chi connectivity index (χ0v) is 11.6. The topological polar surface area (TPSA) is 9.23 Å². The van der Waals surface area contributed by atoms with Gasteiger partial charge in [0.1, 0.15) is 0 Å². The van der Waals surface area contributed by atoms with Gasteiger partial charge in [-0.3, -0.25) is 0 Å². The first-order valence-corrected chi connectivity index (χ1v) is 6.88. The summed E-state index contributed by atoms with van der Waals surface area (Å²) in [6.07, 6.45) is 0.